The Morgan fingerprint density at radius 1 is 1.64 bits per heavy atom. The summed E-state index contributed by atoms with van der Waals surface area (Å²) < 4.78 is 0. The van der Waals surface area contributed by atoms with Gasteiger partial charge in [0.1, 0.15) is 0 Å². The van der Waals surface area contributed by atoms with Gasteiger partial charge in [-0.3, -0.25) is 0 Å². The van der Waals surface area contributed by atoms with E-state index in [4.69, 9.17) is 0 Å². The summed E-state index contributed by atoms with van der Waals surface area (Å²) in [5.41, 5.74) is 0.111. The molecule has 0 saturated heterocycles. The fourth-order valence-corrected chi connectivity index (χ4v) is 3.35. The fraction of sp³-hybridized carbons (Fsp3) is 0.636. The van der Waals surface area contributed by atoms with Crippen molar-refractivity contribution in [1.82, 2.24) is 5.32 Å². The Morgan fingerprint density at radius 2 is 2.43 bits per heavy atom. The van der Waals surface area contributed by atoms with Crippen LogP contribution in [-0.2, 0) is 0 Å². The van der Waals surface area contributed by atoms with Crippen LogP contribution in [0.25, 0.3) is 0 Å². The van der Waals surface area contributed by atoms with Gasteiger partial charge in [0.05, 0.1) is 6.61 Å². The third-order valence-electron chi connectivity index (χ3n) is 3.39. The first-order chi connectivity index (χ1) is 6.82. The molecule has 1 aliphatic rings. The molecule has 1 aromatic heterocycles. The molecule has 2 N–H and O–H groups in total. The van der Waals surface area contributed by atoms with Gasteiger partial charge in [-0.2, -0.15) is 0 Å². The van der Waals surface area contributed by atoms with E-state index in [0.717, 1.165) is 12.8 Å². The number of hydrogen-bond acceptors (Lipinski definition) is 3. The molecule has 0 bridgehead atoms. The summed E-state index contributed by atoms with van der Waals surface area (Å²) in [6.45, 7) is 0.302. The average Bonchev–Trinajstić information content (AvgIpc) is 2.63. The predicted octanol–water partition coefficient (Wildman–Crippen LogP) is 2.17. The lowest BCUT2D eigenvalue weighted by atomic mass is 9.64. The third kappa shape index (κ3) is 1.49. The molecule has 14 heavy (non-hydrogen) atoms. The van der Waals surface area contributed by atoms with Crippen LogP contribution in [0, 0.1) is 5.41 Å². The van der Waals surface area contributed by atoms with Gasteiger partial charge in [0.2, 0.25) is 0 Å². The van der Waals surface area contributed by atoms with Gasteiger partial charge in [-0.05, 0) is 31.3 Å². The molecule has 0 aliphatic heterocycles. The van der Waals surface area contributed by atoms with Gasteiger partial charge in [0.15, 0.2) is 0 Å². The molecular weight excluding hydrogens is 194 g/mol. The highest BCUT2D eigenvalue weighted by Crippen LogP contribution is 2.50. The lowest BCUT2D eigenvalue weighted by Gasteiger charge is -2.46. The topological polar surface area (TPSA) is 32.3 Å². The number of aliphatic hydroxyl groups is 1. The zero-order valence-corrected chi connectivity index (χ0v) is 9.31. The van der Waals surface area contributed by atoms with Gasteiger partial charge < -0.3 is 10.4 Å². The van der Waals surface area contributed by atoms with E-state index < -0.39 is 0 Å². The fourth-order valence-electron chi connectivity index (χ4n) is 2.37. The molecule has 1 heterocycles. The zero-order chi connectivity index (χ0) is 10.0. The molecule has 1 atom stereocenters. The van der Waals surface area contributed by atoms with Crippen molar-refractivity contribution < 1.29 is 5.11 Å². The normalized spacial score (nSPS) is 21.6. The number of thiophene rings is 1. The first-order valence-corrected chi connectivity index (χ1v) is 6.02. The minimum Gasteiger partial charge on any atom is -0.396 e. The van der Waals surface area contributed by atoms with Crippen molar-refractivity contribution in [2.45, 2.75) is 25.3 Å². The first-order valence-electron chi connectivity index (χ1n) is 5.14. The molecule has 1 aliphatic carbocycles. The number of nitrogens with one attached hydrogen (secondary N) is 1. The van der Waals surface area contributed by atoms with Gasteiger partial charge >= 0.3 is 0 Å². The van der Waals surface area contributed by atoms with Crippen LogP contribution in [0.1, 0.15) is 30.2 Å². The lowest BCUT2D eigenvalue weighted by Crippen LogP contribution is -2.44. The van der Waals surface area contributed by atoms with Gasteiger partial charge in [-0.1, -0.05) is 12.5 Å². The van der Waals surface area contributed by atoms with Crippen LogP contribution in [0.2, 0.25) is 0 Å². The summed E-state index contributed by atoms with van der Waals surface area (Å²) in [7, 11) is 1.99. The van der Waals surface area contributed by atoms with E-state index in [1.807, 2.05) is 7.05 Å². The number of hydrogen-bond donors (Lipinski definition) is 2. The average molecular weight is 211 g/mol. The molecule has 3 heteroatoms. The molecule has 78 valence electrons. The van der Waals surface area contributed by atoms with Crippen molar-refractivity contribution in [2.24, 2.45) is 5.41 Å². The maximum absolute atomic E-state index is 9.50. The molecule has 0 aromatic carbocycles. The standard InChI is InChI=1S/C11H17NOS/c1-12-10(9-4-2-7-14-9)11(8-13)5-3-6-11/h2,4,7,10,12-13H,3,5-6,8H2,1H3. The number of rotatable bonds is 4. The van der Waals surface area contributed by atoms with E-state index >= 15 is 0 Å². The maximum Gasteiger partial charge on any atom is 0.0505 e. The highest BCUT2D eigenvalue weighted by Gasteiger charge is 2.43. The minimum absolute atomic E-state index is 0.111. The van der Waals surface area contributed by atoms with Crippen LogP contribution in [0.15, 0.2) is 17.5 Å². The molecule has 1 aromatic rings. The third-order valence-corrected chi connectivity index (χ3v) is 4.33. The Kier molecular flexibility index (Phi) is 2.91. The second-order valence-corrected chi connectivity index (χ2v) is 5.09. The van der Waals surface area contributed by atoms with Gasteiger partial charge in [-0.15, -0.1) is 11.3 Å². The van der Waals surface area contributed by atoms with Crippen LogP contribution in [0.4, 0.5) is 0 Å². The minimum atomic E-state index is 0.111. The summed E-state index contributed by atoms with van der Waals surface area (Å²) in [5.74, 6) is 0. The van der Waals surface area contributed by atoms with Crippen molar-refractivity contribution in [1.29, 1.82) is 0 Å². The van der Waals surface area contributed by atoms with Gasteiger partial charge in [0, 0.05) is 16.3 Å². The first kappa shape index (κ1) is 10.1. The Balaban J connectivity index is 2.20. The van der Waals surface area contributed by atoms with Gasteiger partial charge in [-0.25, -0.2) is 0 Å². The van der Waals surface area contributed by atoms with Crippen LogP contribution >= 0.6 is 11.3 Å². The Hall–Kier alpha value is -0.380. The Morgan fingerprint density at radius 3 is 2.79 bits per heavy atom. The van der Waals surface area contributed by atoms with Crippen LogP contribution < -0.4 is 5.32 Å². The SMILES string of the molecule is CNC(c1cccs1)C1(CO)CCC1. The summed E-state index contributed by atoms with van der Waals surface area (Å²) in [4.78, 5) is 1.35. The van der Waals surface area contributed by atoms with Crippen LogP contribution in [-0.4, -0.2) is 18.8 Å². The largest absolute Gasteiger partial charge is 0.396 e. The molecule has 1 unspecified atom stereocenters. The van der Waals surface area contributed by atoms with Crippen molar-refractivity contribution in [2.75, 3.05) is 13.7 Å². The molecule has 1 fully saturated rings. The van der Waals surface area contributed by atoms with Crippen molar-refractivity contribution >= 4 is 11.3 Å². The monoisotopic (exact) mass is 211 g/mol. The molecule has 2 nitrogen and oxygen atoms in total. The summed E-state index contributed by atoms with van der Waals surface area (Å²) in [5, 5.41) is 15.0. The highest BCUT2D eigenvalue weighted by atomic mass is 32.1. The van der Waals surface area contributed by atoms with E-state index in [9.17, 15) is 5.11 Å². The predicted molar refractivity (Wildman–Crippen MR) is 59.5 cm³/mol. The molecule has 0 amide bonds. The Labute approximate surface area is 89.0 Å². The quantitative estimate of drug-likeness (QED) is 0.800. The van der Waals surface area contributed by atoms with Crippen LogP contribution in [0.5, 0.6) is 0 Å². The molecular formula is C11H17NOS. The van der Waals surface area contributed by atoms with E-state index in [-0.39, 0.29) is 5.41 Å². The molecule has 1 saturated carbocycles. The zero-order valence-electron chi connectivity index (χ0n) is 8.49. The highest BCUT2D eigenvalue weighted by molar-refractivity contribution is 7.10. The van der Waals surface area contributed by atoms with Crippen molar-refractivity contribution in [3.05, 3.63) is 22.4 Å². The number of aliphatic hydroxyl groups excluding tert-OH is 1. The summed E-state index contributed by atoms with van der Waals surface area (Å²) in [6.07, 6.45) is 3.55. The van der Waals surface area contributed by atoms with E-state index in [1.165, 1.54) is 11.3 Å². The van der Waals surface area contributed by atoms with E-state index in [2.05, 4.69) is 22.8 Å². The molecule has 0 spiro atoms. The lowest BCUT2D eigenvalue weighted by molar-refractivity contribution is 0.00899. The van der Waals surface area contributed by atoms with E-state index in [1.54, 1.807) is 11.3 Å². The van der Waals surface area contributed by atoms with Crippen LogP contribution in [0.3, 0.4) is 0 Å². The maximum atomic E-state index is 9.50. The molecule has 0 radical (unpaired) electrons. The van der Waals surface area contributed by atoms with Crippen molar-refractivity contribution in [3.8, 4) is 0 Å². The molecule has 2 rings (SSSR count). The summed E-state index contributed by atoms with van der Waals surface area (Å²) in [6, 6.07) is 4.57. The summed E-state index contributed by atoms with van der Waals surface area (Å²) >= 11 is 1.77. The van der Waals surface area contributed by atoms with Gasteiger partial charge in [0.25, 0.3) is 0 Å². The van der Waals surface area contributed by atoms with E-state index in [0.29, 0.717) is 12.6 Å². The Bertz CT molecular complexity index is 274. The smallest absolute Gasteiger partial charge is 0.0505 e. The second-order valence-electron chi connectivity index (χ2n) is 4.11. The second kappa shape index (κ2) is 4.01. The van der Waals surface area contributed by atoms with Crippen molar-refractivity contribution in [3.63, 3.8) is 0 Å².